The van der Waals surface area contributed by atoms with Crippen LogP contribution in [-0.4, -0.2) is 42.9 Å². The SMILES string of the molecule is Cc1cn(C[C@H]2CCC[C@H]2COC(C(=O)O)P(=O)(O)O)c(=O)[nH]c1=O. The molecule has 1 aliphatic rings. The van der Waals surface area contributed by atoms with Gasteiger partial charge in [0.05, 0.1) is 6.61 Å². The van der Waals surface area contributed by atoms with Gasteiger partial charge >= 0.3 is 19.3 Å². The molecule has 0 bridgehead atoms. The summed E-state index contributed by atoms with van der Waals surface area (Å²) in [6.45, 7) is 1.78. The van der Waals surface area contributed by atoms with Crippen LogP contribution in [0.25, 0.3) is 0 Å². The van der Waals surface area contributed by atoms with Crippen LogP contribution in [0, 0.1) is 18.8 Å². The van der Waals surface area contributed by atoms with Crippen molar-refractivity contribution in [3.05, 3.63) is 32.6 Å². The summed E-state index contributed by atoms with van der Waals surface area (Å²) in [5, 5.41) is 8.88. The number of nitrogens with zero attached hydrogens (tertiary/aromatic N) is 1. The van der Waals surface area contributed by atoms with E-state index in [4.69, 9.17) is 19.6 Å². The minimum absolute atomic E-state index is 0.0192. The van der Waals surface area contributed by atoms with E-state index in [1.165, 1.54) is 10.8 Å². The molecule has 0 saturated heterocycles. The molecule has 25 heavy (non-hydrogen) atoms. The molecule has 10 nitrogen and oxygen atoms in total. The lowest BCUT2D eigenvalue weighted by molar-refractivity contribution is -0.146. The molecule has 140 valence electrons. The third kappa shape index (κ3) is 4.88. The fourth-order valence-corrected chi connectivity index (χ4v) is 3.68. The van der Waals surface area contributed by atoms with E-state index in [0.717, 1.165) is 12.8 Å². The molecular formula is C14H21N2O8P. The standard InChI is InChI=1S/C14H21N2O8P/c1-8-5-16(14(20)15-11(8)17)6-9-3-2-4-10(9)7-24-13(12(18)19)25(21,22)23/h5,9-10,13H,2-4,6-7H2,1H3,(H,18,19)(H,15,17,20)(H2,21,22,23)/t9-,10+,13?/m1/s1. The summed E-state index contributed by atoms with van der Waals surface area (Å²) in [5.74, 6) is -4.05. The first-order valence-electron chi connectivity index (χ1n) is 7.79. The molecule has 0 radical (unpaired) electrons. The Hall–Kier alpha value is -1.74. The normalized spacial score (nSPS) is 22.0. The first kappa shape index (κ1) is 19.6. The first-order chi connectivity index (χ1) is 11.6. The van der Waals surface area contributed by atoms with E-state index in [2.05, 4.69) is 4.98 Å². The monoisotopic (exact) mass is 376 g/mol. The minimum atomic E-state index is -4.91. The second-order valence-corrected chi connectivity index (χ2v) is 7.94. The van der Waals surface area contributed by atoms with Gasteiger partial charge in [-0.05, 0) is 31.6 Å². The maximum absolute atomic E-state index is 11.9. The molecule has 11 heteroatoms. The number of aromatic nitrogens is 2. The number of carboxylic acids is 1. The van der Waals surface area contributed by atoms with Gasteiger partial charge in [0.1, 0.15) is 0 Å². The molecule has 0 spiro atoms. The van der Waals surface area contributed by atoms with Gasteiger partial charge in [0.15, 0.2) is 0 Å². The maximum atomic E-state index is 11.9. The molecular weight excluding hydrogens is 355 g/mol. The number of hydrogen-bond acceptors (Lipinski definition) is 5. The lowest BCUT2D eigenvalue weighted by atomic mass is 9.97. The Morgan fingerprint density at radius 3 is 2.64 bits per heavy atom. The zero-order valence-electron chi connectivity index (χ0n) is 13.6. The number of H-pyrrole nitrogens is 1. The van der Waals surface area contributed by atoms with Crippen LogP contribution in [0.15, 0.2) is 15.8 Å². The summed E-state index contributed by atoms with van der Waals surface area (Å²) in [7, 11) is -4.91. The highest BCUT2D eigenvalue weighted by atomic mass is 31.2. The van der Waals surface area contributed by atoms with Crippen LogP contribution in [0.3, 0.4) is 0 Å². The topological polar surface area (TPSA) is 159 Å². The molecule has 1 fully saturated rings. The third-order valence-electron chi connectivity index (χ3n) is 4.42. The molecule has 0 aliphatic heterocycles. The largest absolute Gasteiger partial charge is 0.479 e. The molecule has 3 atom stereocenters. The summed E-state index contributed by atoms with van der Waals surface area (Å²) in [6.07, 6.45) is 3.78. The summed E-state index contributed by atoms with van der Waals surface area (Å²) >= 11 is 0. The number of nitrogens with one attached hydrogen (secondary N) is 1. The summed E-state index contributed by atoms with van der Waals surface area (Å²) in [4.78, 5) is 54.5. The van der Waals surface area contributed by atoms with E-state index in [1.807, 2.05) is 0 Å². The number of carbonyl (C=O) groups is 1. The van der Waals surface area contributed by atoms with Crippen LogP contribution in [-0.2, 0) is 20.6 Å². The van der Waals surface area contributed by atoms with E-state index >= 15 is 0 Å². The molecule has 1 heterocycles. The van der Waals surface area contributed by atoms with Gasteiger partial charge in [-0.15, -0.1) is 0 Å². The molecule has 0 amide bonds. The van der Waals surface area contributed by atoms with E-state index in [9.17, 15) is 18.9 Å². The Morgan fingerprint density at radius 2 is 2.04 bits per heavy atom. The van der Waals surface area contributed by atoms with E-state index in [1.54, 1.807) is 6.92 Å². The van der Waals surface area contributed by atoms with Crippen molar-refractivity contribution in [3.8, 4) is 0 Å². The van der Waals surface area contributed by atoms with Crippen molar-refractivity contribution >= 4 is 13.6 Å². The lowest BCUT2D eigenvalue weighted by Crippen LogP contribution is -2.34. The number of rotatable bonds is 7. The average molecular weight is 376 g/mol. The predicted molar refractivity (Wildman–Crippen MR) is 86.3 cm³/mol. The molecule has 0 aromatic carbocycles. The van der Waals surface area contributed by atoms with Crippen molar-refractivity contribution in [2.45, 2.75) is 38.6 Å². The van der Waals surface area contributed by atoms with E-state index < -0.39 is 30.7 Å². The predicted octanol–water partition coefficient (Wildman–Crippen LogP) is -0.134. The third-order valence-corrected chi connectivity index (χ3v) is 5.40. The summed E-state index contributed by atoms with van der Waals surface area (Å²) < 4.78 is 17.5. The fourth-order valence-electron chi connectivity index (χ4n) is 3.11. The maximum Gasteiger partial charge on any atom is 0.365 e. The van der Waals surface area contributed by atoms with Crippen LogP contribution >= 0.6 is 7.60 Å². The summed E-state index contributed by atoms with van der Waals surface area (Å²) in [6, 6.07) is 0. The molecule has 4 N–H and O–H groups in total. The number of aryl methyl sites for hydroxylation is 1. The summed E-state index contributed by atoms with van der Waals surface area (Å²) in [5.41, 5.74) is -0.572. The Kier molecular flexibility index (Phi) is 5.99. The van der Waals surface area contributed by atoms with Gasteiger partial charge in [-0.1, -0.05) is 6.42 Å². The number of aromatic amines is 1. The number of aliphatic carboxylic acids is 1. The number of carboxylic acid groups (broad SMARTS) is 1. The van der Waals surface area contributed by atoms with Crippen molar-refractivity contribution in [1.82, 2.24) is 9.55 Å². The highest BCUT2D eigenvalue weighted by Crippen LogP contribution is 2.43. The second kappa shape index (κ2) is 7.65. The zero-order valence-corrected chi connectivity index (χ0v) is 14.5. The molecule has 1 aliphatic carbocycles. The average Bonchev–Trinajstić information content (AvgIpc) is 2.90. The van der Waals surface area contributed by atoms with Crippen molar-refractivity contribution in [3.63, 3.8) is 0 Å². The van der Waals surface area contributed by atoms with Gasteiger partial charge in [0.2, 0.25) is 0 Å². The molecule has 1 unspecified atom stereocenters. The van der Waals surface area contributed by atoms with Crippen LogP contribution in [0.1, 0.15) is 24.8 Å². The van der Waals surface area contributed by atoms with Crippen molar-refractivity contribution in [1.29, 1.82) is 0 Å². The molecule has 1 aromatic rings. The van der Waals surface area contributed by atoms with Gasteiger partial charge in [0, 0.05) is 18.3 Å². The van der Waals surface area contributed by atoms with Gasteiger partial charge < -0.3 is 24.2 Å². The van der Waals surface area contributed by atoms with Gasteiger partial charge in [-0.2, -0.15) is 0 Å². The number of ether oxygens (including phenoxy) is 1. The van der Waals surface area contributed by atoms with Crippen LogP contribution in [0.4, 0.5) is 0 Å². The highest BCUT2D eigenvalue weighted by Gasteiger charge is 2.38. The van der Waals surface area contributed by atoms with Gasteiger partial charge in [-0.25, -0.2) is 9.59 Å². The van der Waals surface area contributed by atoms with Crippen LogP contribution in [0.5, 0.6) is 0 Å². The lowest BCUT2D eigenvalue weighted by Gasteiger charge is -2.23. The van der Waals surface area contributed by atoms with Crippen molar-refractivity contribution in [2.24, 2.45) is 11.8 Å². The second-order valence-electron chi connectivity index (χ2n) is 6.29. The Morgan fingerprint density at radius 1 is 1.40 bits per heavy atom. The van der Waals surface area contributed by atoms with Gasteiger partial charge in [-0.3, -0.25) is 14.3 Å². The van der Waals surface area contributed by atoms with E-state index in [0.29, 0.717) is 18.5 Å². The Bertz CT molecular complexity index is 795. The molecule has 2 rings (SSSR count). The highest BCUT2D eigenvalue weighted by molar-refractivity contribution is 7.53. The first-order valence-corrected chi connectivity index (χ1v) is 9.47. The Labute approximate surface area is 142 Å². The Balaban J connectivity index is 2.07. The van der Waals surface area contributed by atoms with Crippen molar-refractivity contribution < 1.29 is 29.0 Å². The van der Waals surface area contributed by atoms with Crippen LogP contribution in [0.2, 0.25) is 0 Å². The van der Waals surface area contributed by atoms with Gasteiger partial charge in [0.25, 0.3) is 11.4 Å². The molecule has 1 aromatic heterocycles. The van der Waals surface area contributed by atoms with Crippen molar-refractivity contribution in [2.75, 3.05) is 6.61 Å². The number of hydrogen-bond donors (Lipinski definition) is 4. The smallest absolute Gasteiger partial charge is 0.365 e. The minimum Gasteiger partial charge on any atom is -0.479 e. The quantitative estimate of drug-likeness (QED) is 0.479. The van der Waals surface area contributed by atoms with Crippen LogP contribution < -0.4 is 11.2 Å². The molecule has 1 saturated carbocycles. The van der Waals surface area contributed by atoms with E-state index in [-0.39, 0.29) is 18.4 Å². The fraction of sp³-hybridized carbons (Fsp3) is 0.643. The zero-order chi connectivity index (χ0) is 18.8.